The molecule has 0 fully saturated rings. The van der Waals surface area contributed by atoms with Gasteiger partial charge >= 0.3 is 0 Å². The number of aromatic amines is 1. The van der Waals surface area contributed by atoms with Crippen LogP contribution in [-0.4, -0.2) is 43.1 Å². The van der Waals surface area contributed by atoms with Crippen molar-refractivity contribution in [3.05, 3.63) is 46.0 Å². The summed E-state index contributed by atoms with van der Waals surface area (Å²) in [4.78, 5) is 19.5. The van der Waals surface area contributed by atoms with Crippen LogP contribution < -0.4 is 16.2 Å². The second-order valence-electron chi connectivity index (χ2n) is 6.93. The minimum Gasteiger partial charge on any atom is -0.401 e. The van der Waals surface area contributed by atoms with E-state index in [1.807, 2.05) is 29.9 Å². The zero-order chi connectivity index (χ0) is 20.9. The number of nitrogens with two attached hydrogens (primary N) is 1. The topological polar surface area (TPSA) is 111 Å². The molecule has 10 heteroatoms. The van der Waals surface area contributed by atoms with E-state index in [9.17, 15) is 4.79 Å². The van der Waals surface area contributed by atoms with Gasteiger partial charge < -0.3 is 10.6 Å². The van der Waals surface area contributed by atoms with Crippen LogP contribution >= 0.6 is 11.6 Å². The maximum absolute atomic E-state index is 13.1. The van der Waals surface area contributed by atoms with Gasteiger partial charge in [0.15, 0.2) is 5.65 Å². The van der Waals surface area contributed by atoms with Crippen molar-refractivity contribution in [2.24, 2.45) is 12.8 Å². The molecular formula is C19H21ClN8O. The Morgan fingerprint density at radius 1 is 1.41 bits per heavy atom. The van der Waals surface area contributed by atoms with Crippen LogP contribution in [0, 0.1) is 0 Å². The smallest absolute Gasteiger partial charge is 0.266 e. The molecule has 0 aliphatic heterocycles. The average Bonchev–Trinajstić information content (AvgIpc) is 3.28. The molecular weight excluding hydrogens is 392 g/mol. The van der Waals surface area contributed by atoms with Crippen molar-refractivity contribution in [2.45, 2.75) is 13.5 Å². The summed E-state index contributed by atoms with van der Waals surface area (Å²) in [7, 11) is 3.45. The van der Waals surface area contributed by atoms with E-state index in [4.69, 9.17) is 17.3 Å². The number of nitrogens with one attached hydrogen (secondary N) is 1. The first-order chi connectivity index (χ1) is 13.8. The number of aryl methyl sites for hydroxylation is 1. The molecule has 0 spiro atoms. The standard InChI is InChI=1S/C19H21ClN8O/c1-5-28-9-12-13(25-28)7-6-11(15(12)20)16-14-17(24-23-16)22-19(27(4)18(14)29)26(3)8-10(2)21/h6-7,9H,2,5,8,21H2,1,3-4H3,(H,23,24). The van der Waals surface area contributed by atoms with Gasteiger partial charge in [-0.15, -0.1) is 0 Å². The van der Waals surface area contributed by atoms with Crippen LogP contribution in [0.15, 0.2) is 35.4 Å². The Morgan fingerprint density at radius 3 is 2.86 bits per heavy atom. The van der Waals surface area contributed by atoms with Crippen molar-refractivity contribution in [3.8, 4) is 11.3 Å². The molecule has 0 amide bonds. The Balaban J connectivity index is 1.91. The highest BCUT2D eigenvalue weighted by Gasteiger charge is 2.21. The molecule has 9 nitrogen and oxygen atoms in total. The van der Waals surface area contributed by atoms with Crippen LogP contribution in [0.25, 0.3) is 33.2 Å². The van der Waals surface area contributed by atoms with Crippen LogP contribution in [-0.2, 0) is 13.6 Å². The number of fused-ring (bicyclic) bond motifs is 2. The van der Waals surface area contributed by atoms with Crippen molar-refractivity contribution < 1.29 is 0 Å². The largest absolute Gasteiger partial charge is 0.401 e. The van der Waals surface area contributed by atoms with Gasteiger partial charge in [0.05, 0.1) is 17.1 Å². The fourth-order valence-electron chi connectivity index (χ4n) is 3.42. The quantitative estimate of drug-likeness (QED) is 0.520. The number of hydrogen-bond acceptors (Lipinski definition) is 6. The summed E-state index contributed by atoms with van der Waals surface area (Å²) >= 11 is 6.67. The molecule has 0 bridgehead atoms. The van der Waals surface area contributed by atoms with E-state index in [0.29, 0.717) is 45.5 Å². The molecule has 0 saturated carbocycles. The number of H-pyrrole nitrogens is 1. The molecule has 0 unspecified atom stereocenters. The summed E-state index contributed by atoms with van der Waals surface area (Å²) in [6, 6.07) is 3.70. The summed E-state index contributed by atoms with van der Waals surface area (Å²) in [5.41, 5.74) is 8.21. The molecule has 0 atom stereocenters. The highest BCUT2D eigenvalue weighted by molar-refractivity contribution is 6.38. The van der Waals surface area contributed by atoms with Gasteiger partial charge in [0, 0.05) is 43.5 Å². The third-order valence-electron chi connectivity index (χ3n) is 4.81. The van der Waals surface area contributed by atoms with Crippen LogP contribution in [0.3, 0.4) is 0 Å². The lowest BCUT2D eigenvalue weighted by Gasteiger charge is -2.20. The number of rotatable bonds is 5. The van der Waals surface area contributed by atoms with E-state index in [2.05, 4.69) is 26.9 Å². The molecule has 3 heterocycles. The molecule has 0 radical (unpaired) electrons. The van der Waals surface area contributed by atoms with Gasteiger partial charge in [0.25, 0.3) is 5.56 Å². The van der Waals surface area contributed by atoms with Crippen molar-refractivity contribution in [1.29, 1.82) is 0 Å². The van der Waals surface area contributed by atoms with Crippen LogP contribution in [0.4, 0.5) is 5.95 Å². The molecule has 4 aromatic rings. The van der Waals surface area contributed by atoms with Gasteiger partial charge in [-0.3, -0.25) is 19.1 Å². The van der Waals surface area contributed by atoms with E-state index < -0.39 is 0 Å². The second kappa shape index (κ2) is 6.93. The lowest BCUT2D eigenvalue weighted by atomic mass is 10.1. The lowest BCUT2D eigenvalue weighted by molar-refractivity contribution is 0.668. The van der Waals surface area contributed by atoms with E-state index in [-0.39, 0.29) is 5.56 Å². The molecule has 3 aromatic heterocycles. The van der Waals surface area contributed by atoms with Crippen LogP contribution in [0.5, 0.6) is 0 Å². The molecule has 4 rings (SSSR count). The fraction of sp³-hybridized carbons (Fsp3) is 0.263. The minimum absolute atomic E-state index is 0.233. The molecule has 29 heavy (non-hydrogen) atoms. The minimum atomic E-state index is -0.233. The summed E-state index contributed by atoms with van der Waals surface area (Å²) in [5.74, 6) is 0.454. The summed E-state index contributed by atoms with van der Waals surface area (Å²) in [6.07, 6.45) is 1.89. The first kappa shape index (κ1) is 19.0. The zero-order valence-corrected chi connectivity index (χ0v) is 17.2. The summed E-state index contributed by atoms with van der Waals surface area (Å²) in [5, 5.41) is 13.4. The van der Waals surface area contributed by atoms with E-state index in [1.54, 1.807) is 19.0 Å². The van der Waals surface area contributed by atoms with Gasteiger partial charge in [-0.1, -0.05) is 18.2 Å². The maximum atomic E-state index is 13.1. The number of benzene rings is 1. The Kier molecular flexibility index (Phi) is 4.54. The number of halogens is 1. The molecule has 1 aromatic carbocycles. The van der Waals surface area contributed by atoms with Crippen molar-refractivity contribution in [3.63, 3.8) is 0 Å². The first-order valence-corrected chi connectivity index (χ1v) is 9.45. The third-order valence-corrected chi connectivity index (χ3v) is 5.22. The zero-order valence-electron chi connectivity index (χ0n) is 16.4. The maximum Gasteiger partial charge on any atom is 0.266 e. The number of nitrogens with zero attached hydrogens (tertiary/aromatic N) is 6. The van der Waals surface area contributed by atoms with Crippen molar-refractivity contribution in [2.75, 3.05) is 18.5 Å². The number of likely N-dealkylation sites (N-methyl/N-ethyl adjacent to an activating group) is 1. The normalized spacial score (nSPS) is 11.4. The monoisotopic (exact) mass is 412 g/mol. The first-order valence-electron chi connectivity index (χ1n) is 9.07. The van der Waals surface area contributed by atoms with Gasteiger partial charge in [0.1, 0.15) is 11.1 Å². The molecule has 0 aliphatic carbocycles. The highest BCUT2D eigenvalue weighted by Crippen LogP contribution is 2.35. The highest BCUT2D eigenvalue weighted by atomic mass is 35.5. The van der Waals surface area contributed by atoms with E-state index in [1.165, 1.54) is 4.57 Å². The summed E-state index contributed by atoms with van der Waals surface area (Å²) in [6.45, 7) is 6.82. The fourth-order valence-corrected chi connectivity index (χ4v) is 3.71. The third kappa shape index (κ3) is 3.03. The summed E-state index contributed by atoms with van der Waals surface area (Å²) < 4.78 is 3.28. The van der Waals surface area contributed by atoms with Crippen molar-refractivity contribution >= 4 is 39.5 Å². The average molecular weight is 413 g/mol. The SMILES string of the molecule is C=C(N)CN(C)c1nc2[nH]nc(-c3ccc4nn(CC)cc4c3Cl)c2c(=O)n1C. The second-order valence-corrected chi connectivity index (χ2v) is 7.31. The predicted molar refractivity (Wildman–Crippen MR) is 115 cm³/mol. The lowest BCUT2D eigenvalue weighted by Crippen LogP contribution is -2.31. The Morgan fingerprint density at radius 2 is 2.17 bits per heavy atom. The Labute approximate surface area is 171 Å². The van der Waals surface area contributed by atoms with Gasteiger partial charge in [-0.05, 0) is 19.1 Å². The molecule has 3 N–H and O–H groups in total. The van der Waals surface area contributed by atoms with Gasteiger partial charge in [0.2, 0.25) is 5.95 Å². The Bertz CT molecular complexity index is 1320. The molecule has 150 valence electrons. The van der Waals surface area contributed by atoms with Crippen LogP contribution in [0.1, 0.15) is 6.92 Å². The molecule has 0 saturated heterocycles. The number of anilines is 1. The molecule has 0 aliphatic rings. The van der Waals surface area contributed by atoms with Crippen LogP contribution in [0.2, 0.25) is 5.02 Å². The van der Waals surface area contributed by atoms with Gasteiger partial charge in [-0.2, -0.15) is 15.2 Å². The van der Waals surface area contributed by atoms with E-state index in [0.717, 1.165) is 17.4 Å². The predicted octanol–water partition coefficient (Wildman–Crippen LogP) is 2.26. The van der Waals surface area contributed by atoms with E-state index >= 15 is 0 Å². The Hall–Kier alpha value is -3.33. The van der Waals surface area contributed by atoms with Gasteiger partial charge in [-0.25, -0.2) is 0 Å². The van der Waals surface area contributed by atoms with Crippen molar-refractivity contribution in [1.82, 2.24) is 29.5 Å². The number of aromatic nitrogens is 6. The number of hydrogen-bond donors (Lipinski definition) is 2.